The Labute approximate surface area is 86.0 Å². The number of hydrogen-bond acceptors (Lipinski definition) is 3. The molecular formula is C10H21N3O. The summed E-state index contributed by atoms with van der Waals surface area (Å²) in [5.74, 6) is 0. The molecule has 1 fully saturated rings. The second kappa shape index (κ2) is 5.32. The number of amides is 1. The summed E-state index contributed by atoms with van der Waals surface area (Å²) >= 11 is 0. The molecule has 4 heteroatoms. The minimum atomic E-state index is -0.0117. The quantitative estimate of drug-likeness (QED) is 0.603. The van der Waals surface area contributed by atoms with Gasteiger partial charge in [0, 0.05) is 19.6 Å². The first kappa shape index (κ1) is 11.5. The van der Waals surface area contributed by atoms with Gasteiger partial charge in [0.2, 0.25) is 6.41 Å². The highest BCUT2D eigenvalue weighted by Crippen LogP contribution is 2.20. The van der Waals surface area contributed by atoms with E-state index in [1.807, 2.05) is 7.05 Å². The largest absolute Gasteiger partial charge is 0.352 e. The lowest BCUT2D eigenvalue weighted by atomic mass is 9.87. The zero-order valence-electron chi connectivity index (χ0n) is 9.18. The van der Waals surface area contributed by atoms with Crippen LogP contribution in [0.3, 0.4) is 0 Å². The van der Waals surface area contributed by atoms with Crippen LogP contribution in [0.25, 0.3) is 0 Å². The lowest BCUT2D eigenvalue weighted by Gasteiger charge is -2.41. The average Bonchev–Trinajstić information content (AvgIpc) is 2.20. The molecular weight excluding hydrogens is 178 g/mol. The molecule has 0 unspecified atom stereocenters. The highest BCUT2D eigenvalue weighted by molar-refractivity contribution is 5.48. The van der Waals surface area contributed by atoms with Gasteiger partial charge >= 0.3 is 0 Å². The molecule has 1 heterocycles. The Hall–Kier alpha value is -0.610. The van der Waals surface area contributed by atoms with Crippen LogP contribution in [0.4, 0.5) is 0 Å². The van der Waals surface area contributed by atoms with Gasteiger partial charge in [-0.3, -0.25) is 4.79 Å². The Kier molecular flexibility index (Phi) is 4.35. The van der Waals surface area contributed by atoms with Crippen molar-refractivity contribution < 1.29 is 4.79 Å². The molecule has 1 aliphatic heterocycles. The predicted molar refractivity (Wildman–Crippen MR) is 57.2 cm³/mol. The summed E-state index contributed by atoms with van der Waals surface area (Å²) in [6, 6.07) is 0. The fraction of sp³-hybridized carbons (Fsp3) is 0.900. The summed E-state index contributed by atoms with van der Waals surface area (Å²) in [5.41, 5.74) is -0.0117. The van der Waals surface area contributed by atoms with Crippen LogP contribution in [0.2, 0.25) is 0 Å². The van der Waals surface area contributed by atoms with Crippen molar-refractivity contribution in [2.75, 3.05) is 33.2 Å². The molecule has 0 radical (unpaired) electrons. The molecule has 1 rings (SSSR count). The monoisotopic (exact) mass is 199 g/mol. The minimum absolute atomic E-state index is 0.0117. The summed E-state index contributed by atoms with van der Waals surface area (Å²) in [7, 11) is 1.93. The number of likely N-dealkylation sites (tertiary alicyclic amines) is 1. The van der Waals surface area contributed by atoms with Crippen molar-refractivity contribution in [3.63, 3.8) is 0 Å². The van der Waals surface area contributed by atoms with Crippen molar-refractivity contribution in [2.24, 2.45) is 0 Å². The number of carbonyl (C=O) groups is 1. The molecule has 1 aliphatic rings. The lowest BCUT2D eigenvalue weighted by molar-refractivity contribution is -0.111. The summed E-state index contributed by atoms with van der Waals surface area (Å²) in [4.78, 5) is 13.0. The number of likely N-dealkylation sites (N-methyl/N-ethyl adjacent to an activating group) is 1. The first-order valence-electron chi connectivity index (χ1n) is 5.34. The second-order valence-corrected chi connectivity index (χ2v) is 4.01. The van der Waals surface area contributed by atoms with E-state index in [0.717, 1.165) is 45.4 Å². The maximum Gasteiger partial charge on any atom is 0.207 e. The third kappa shape index (κ3) is 2.69. The summed E-state index contributed by atoms with van der Waals surface area (Å²) in [6.45, 7) is 6.32. The molecule has 0 spiro atoms. The van der Waals surface area contributed by atoms with Gasteiger partial charge in [-0.25, -0.2) is 0 Å². The van der Waals surface area contributed by atoms with E-state index in [1.54, 1.807) is 0 Å². The highest BCUT2D eigenvalue weighted by atomic mass is 16.1. The number of hydrogen-bond donors (Lipinski definition) is 2. The van der Waals surface area contributed by atoms with Crippen LogP contribution < -0.4 is 10.6 Å². The van der Waals surface area contributed by atoms with Gasteiger partial charge in [0.15, 0.2) is 0 Å². The summed E-state index contributed by atoms with van der Waals surface area (Å²) in [5, 5.41) is 6.13. The maximum absolute atomic E-state index is 10.6. The van der Waals surface area contributed by atoms with Gasteiger partial charge in [-0.05, 0) is 26.4 Å². The third-order valence-corrected chi connectivity index (χ3v) is 3.14. The fourth-order valence-corrected chi connectivity index (χ4v) is 2.13. The van der Waals surface area contributed by atoms with Gasteiger partial charge in [0.1, 0.15) is 0 Å². The van der Waals surface area contributed by atoms with Crippen LogP contribution in [0.5, 0.6) is 0 Å². The fourth-order valence-electron chi connectivity index (χ4n) is 2.13. The van der Waals surface area contributed by atoms with Crippen LogP contribution in [-0.4, -0.2) is 50.1 Å². The molecule has 1 amide bonds. The van der Waals surface area contributed by atoms with Crippen LogP contribution in [0.1, 0.15) is 19.8 Å². The van der Waals surface area contributed by atoms with Gasteiger partial charge < -0.3 is 15.5 Å². The smallest absolute Gasteiger partial charge is 0.207 e. The molecule has 4 nitrogen and oxygen atoms in total. The van der Waals surface area contributed by atoms with E-state index in [-0.39, 0.29) is 5.54 Å². The Bertz CT molecular complexity index is 176. The first-order chi connectivity index (χ1) is 6.76. The minimum Gasteiger partial charge on any atom is -0.352 e. The SMILES string of the molecule is CCN1CCC(CNC)(NC=O)CC1. The Balaban J connectivity index is 2.49. The zero-order valence-corrected chi connectivity index (χ0v) is 9.18. The van der Waals surface area contributed by atoms with E-state index in [1.165, 1.54) is 0 Å². The molecule has 0 aromatic rings. The molecule has 0 saturated carbocycles. The van der Waals surface area contributed by atoms with Crippen molar-refractivity contribution in [2.45, 2.75) is 25.3 Å². The standard InChI is InChI=1S/C10H21N3O/c1-3-13-6-4-10(5-7-13,8-11-2)12-9-14/h9,11H,3-8H2,1-2H3,(H,12,14). The Morgan fingerprint density at radius 2 is 2.07 bits per heavy atom. The lowest BCUT2D eigenvalue weighted by Crippen LogP contribution is -2.57. The van der Waals surface area contributed by atoms with E-state index in [2.05, 4.69) is 22.5 Å². The Morgan fingerprint density at radius 1 is 1.43 bits per heavy atom. The van der Waals surface area contributed by atoms with Crippen molar-refractivity contribution in [1.29, 1.82) is 0 Å². The molecule has 0 bridgehead atoms. The van der Waals surface area contributed by atoms with E-state index in [4.69, 9.17) is 0 Å². The summed E-state index contributed by atoms with van der Waals surface area (Å²) < 4.78 is 0. The third-order valence-electron chi connectivity index (χ3n) is 3.14. The number of nitrogens with one attached hydrogen (secondary N) is 2. The molecule has 2 N–H and O–H groups in total. The van der Waals surface area contributed by atoms with Crippen LogP contribution in [0.15, 0.2) is 0 Å². The Morgan fingerprint density at radius 3 is 2.50 bits per heavy atom. The topological polar surface area (TPSA) is 44.4 Å². The number of rotatable bonds is 5. The first-order valence-corrected chi connectivity index (χ1v) is 5.34. The molecule has 0 aliphatic carbocycles. The molecule has 0 aromatic carbocycles. The number of piperidine rings is 1. The predicted octanol–water partition coefficient (Wildman–Crippen LogP) is -0.194. The van der Waals surface area contributed by atoms with E-state index >= 15 is 0 Å². The number of carbonyl (C=O) groups excluding carboxylic acids is 1. The average molecular weight is 199 g/mol. The van der Waals surface area contributed by atoms with E-state index in [9.17, 15) is 4.79 Å². The maximum atomic E-state index is 10.6. The van der Waals surface area contributed by atoms with Crippen molar-refractivity contribution >= 4 is 6.41 Å². The van der Waals surface area contributed by atoms with Crippen molar-refractivity contribution in [3.8, 4) is 0 Å². The second-order valence-electron chi connectivity index (χ2n) is 4.01. The van der Waals surface area contributed by atoms with Crippen molar-refractivity contribution in [1.82, 2.24) is 15.5 Å². The van der Waals surface area contributed by atoms with Gasteiger partial charge in [0.05, 0.1) is 5.54 Å². The molecule has 14 heavy (non-hydrogen) atoms. The zero-order chi connectivity index (χ0) is 10.4. The molecule has 0 aromatic heterocycles. The van der Waals surface area contributed by atoms with E-state index < -0.39 is 0 Å². The molecule has 0 atom stereocenters. The van der Waals surface area contributed by atoms with Crippen LogP contribution in [-0.2, 0) is 4.79 Å². The van der Waals surface area contributed by atoms with Crippen molar-refractivity contribution in [3.05, 3.63) is 0 Å². The van der Waals surface area contributed by atoms with Gasteiger partial charge in [-0.15, -0.1) is 0 Å². The summed E-state index contributed by atoms with van der Waals surface area (Å²) in [6.07, 6.45) is 2.92. The molecule has 82 valence electrons. The highest BCUT2D eigenvalue weighted by Gasteiger charge is 2.32. The van der Waals surface area contributed by atoms with Gasteiger partial charge in [0.25, 0.3) is 0 Å². The number of nitrogens with zero attached hydrogens (tertiary/aromatic N) is 1. The molecule has 1 saturated heterocycles. The van der Waals surface area contributed by atoms with E-state index in [0.29, 0.717) is 0 Å². The van der Waals surface area contributed by atoms with Crippen LogP contribution >= 0.6 is 0 Å². The van der Waals surface area contributed by atoms with Gasteiger partial charge in [-0.2, -0.15) is 0 Å². The van der Waals surface area contributed by atoms with Gasteiger partial charge in [-0.1, -0.05) is 6.92 Å². The van der Waals surface area contributed by atoms with Crippen LogP contribution in [0, 0.1) is 0 Å². The normalized spacial score (nSPS) is 21.9.